The van der Waals surface area contributed by atoms with Crippen LogP contribution in [0.1, 0.15) is 12.8 Å². The molecule has 0 aromatic heterocycles. The summed E-state index contributed by atoms with van der Waals surface area (Å²) in [5.41, 5.74) is 0.475. The van der Waals surface area contributed by atoms with Crippen molar-refractivity contribution in [1.29, 1.82) is 0 Å². The minimum Gasteiger partial charge on any atom is -0.480 e. The Hall–Kier alpha value is -1.38. The van der Waals surface area contributed by atoms with Crippen molar-refractivity contribution in [1.82, 2.24) is 4.90 Å². The molecule has 2 amide bonds. The Morgan fingerprint density at radius 1 is 1.47 bits per heavy atom. The number of likely N-dealkylation sites (tertiary alicyclic amines) is 1. The van der Waals surface area contributed by atoms with E-state index in [9.17, 15) is 14.0 Å². The number of carbonyl (C=O) groups is 2. The Bertz CT molecular complexity index is 524. The minimum absolute atomic E-state index is 0.382. The Morgan fingerprint density at radius 3 is 2.84 bits per heavy atom. The van der Waals surface area contributed by atoms with Crippen LogP contribution in [0.15, 0.2) is 18.2 Å². The third kappa shape index (κ3) is 3.14. The van der Waals surface area contributed by atoms with E-state index in [4.69, 9.17) is 5.11 Å². The second-order valence-electron chi connectivity index (χ2n) is 4.24. The van der Waals surface area contributed by atoms with Crippen molar-refractivity contribution < 1.29 is 19.1 Å². The van der Waals surface area contributed by atoms with Gasteiger partial charge in [-0.25, -0.2) is 14.0 Å². The third-order valence-corrected chi connectivity index (χ3v) is 3.86. The first-order chi connectivity index (χ1) is 8.99. The molecule has 19 heavy (non-hydrogen) atoms. The normalized spacial score (nSPS) is 18.4. The van der Waals surface area contributed by atoms with E-state index in [-0.39, 0.29) is 5.82 Å². The van der Waals surface area contributed by atoms with Crippen LogP contribution in [0.5, 0.6) is 0 Å². The topological polar surface area (TPSA) is 69.6 Å². The molecular formula is C12H12FIN2O3. The van der Waals surface area contributed by atoms with E-state index in [2.05, 4.69) is 5.32 Å². The van der Waals surface area contributed by atoms with Gasteiger partial charge in [0.15, 0.2) is 0 Å². The summed E-state index contributed by atoms with van der Waals surface area (Å²) < 4.78 is 13.5. The second-order valence-corrected chi connectivity index (χ2v) is 5.41. The van der Waals surface area contributed by atoms with E-state index in [1.807, 2.05) is 22.6 Å². The first kappa shape index (κ1) is 14.0. The third-order valence-electron chi connectivity index (χ3n) is 2.97. The van der Waals surface area contributed by atoms with E-state index < -0.39 is 18.0 Å². The Morgan fingerprint density at radius 2 is 2.21 bits per heavy atom. The number of benzene rings is 1. The Balaban J connectivity index is 2.10. The zero-order valence-corrected chi connectivity index (χ0v) is 12.1. The van der Waals surface area contributed by atoms with Gasteiger partial charge in [0.25, 0.3) is 0 Å². The molecule has 1 heterocycles. The van der Waals surface area contributed by atoms with Crippen LogP contribution in [0.2, 0.25) is 0 Å². The molecule has 1 saturated heterocycles. The van der Waals surface area contributed by atoms with Gasteiger partial charge >= 0.3 is 12.0 Å². The molecule has 0 radical (unpaired) electrons. The van der Waals surface area contributed by atoms with Crippen molar-refractivity contribution in [3.05, 3.63) is 27.6 Å². The average Bonchev–Trinajstić information content (AvgIpc) is 2.82. The summed E-state index contributed by atoms with van der Waals surface area (Å²) >= 11 is 1.91. The molecule has 0 bridgehead atoms. The highest BCUT2D eigenvalue weighted by Gasteiger charge is 2.34. The Labute approximate surface area is 122 Å². The van der Waals surface area contributed by atoms with Gasteiger partial charge in [0.05, 0.1) is 5.69 Å². The van der Waals surface area contributed by atoms with E-state index >= 15 is 0 Å². The molecule has 0 aliphatic carbocycles. The number of rotatable bonds is 2. The van der Waals surface area contributed by atoms with Crippen molar-refractivity contribution in [2.75, 3.05) is 11.9 Å². The van der Waals surface area contributed by atoms with Gasteiger partial charge in [-0.3, -0.25) is 0 Å². The Kier molecular flexibility index (Phi) is 4.23. The van der Waals surface area contributed by atoms with Gasteiger partial charge in [-0.2, -0.15) is 0 Å². The number of aliphatic carboxylic acids is 1. The molecule has 5 nitrogen and oxygen atoms in total. The zero-order chi connectivity index (χ0) is 14.0. The van der Waals surface area contributed by atoms with Crippen LogP contribution in [0, 0.1) is 9.39 Å². The van der Waals surface area contributed by atoms with Crippen LogP contribution in [-0.2, 0) is 4.79 Å². The van der Waals surface area contributed by atoms with E-state index in [1.54, 1.807) is 0 Å². The summed E-state index contributed by atoms with van der Waals surface area (Å²) in [7, 11) is 0. The lowest BCUT2D eigenvalue weighted by Gasteiger charge is -2.22. The standard InChI is InChI=1S/C12H12FIN2O3/c13-7-3-4-9(8(14)6-7)15-12(19)16-5-1-2-10(16)11(17)18/h3-4,6,10H,1-2,5H2,(H,15,19)(H,17,18)/t10-/m0/s1. The van der Waals surface area contributed by atoms with Crippen LogP contribution in [0.4, 0.5) is 14.9 Å². The van der Waals surface area contributed by atoms with Gasteiger partial charge in [-0.05, 0) is 53.6 Å². The molecule has 1 aromatic carbocycles. The summed E-state index contributed by atoms with van der Waals surface area (Å²) in [5, 5.41) is 11.6. The SMILES string of the molecule is O=C(O)[C@@H]1CCCN1C(=O)Nc1ccc(F)cc1I. The number of carbonyl (C=O) groups excluding carboxylic acids is 1. The van der Waals surface area contributed by atoms with Gasteiger partial charge in [0, 0.05) is 10.1 Å². The predicted molar refractivity (Wildman–Crippen MR) is 75.5 cm³/mol. The number of urea groups is 1. The lowest BCUT2D eigenvalue weighted by atomic mass is 10.2. The molecule has 7 heteroatoms. The molecule has 1 aromatic rings. The van der Waals surface area contributed by atoms with Crippen LogP contribution in [0.3, 0.4) is 0 Å². The molecule has 2 rings (SSSR count). The van der Waals surface area contributed by atoms with Gasteiger partial charge in [-0.1, -0.05) is 0 Å². The lowest BCUT2D eigenvalue weighted by Crippen LogP contribution is -2.42. The maximum absolute atomic E-state index is 12.9. The number of hydrogen-bond donors (Lipinski definition) is 2. The van der Waals surface area contributed by atoms with Crippen molar-refractivity contribution in [2.24, 2.45) is 0 Å². The van der Waals surface area contributed by atoms with E-state index in [1.165, 1.54) is 23.1 Å². The van der Waals surface area contributed by atoms with Crippen molar-refractivity contribution in [2.45, 2.75) is 18.9 Å². The van der Waals surface area contributed by atoms with Crippen LogP contribution in [0.25, 0.3) is 0 Å². The smallest absolute Gasteiger partial charge is 0.326 e. The molecular weight excluding hydrogens is 366 g/mol. The van der Waals surface area contributed by atoms with Gasteiger partial charge in [0.1, 0.15) is 11.9 Å². The van der Waals surface area contributed by atoms with E-state index in [0.29, 0.717) is 28.6 Å². The zero-order valence-electron chi connectivity index (χ0n) is 9.90. The number of nitrogens with zero attached hydrogens (tertiary/aromatic N) is 1. The number of hydrogen-bond acceptors (Lipinski definition) is 2. The summed E-state index contributed by atoms with van der Waals surface area (Å²) in [5.74, 6) is -1.38. The van der Waals surface area contributed by atoms with Crippen LogP contribution < -0.4 is 5.32 Å². The molecule has 1 aliphatic rings. The predicted octanol–water partition coefficient (Wildman–Crippen LogP) is 2.51. The number of anilines is 1. The van der Waals surface area contributed by atoms with Crippen molar-refractivity contribution in [3.8, 4) is 0 Å². The molecule has 0 spiro atoms. The van der Waals surface area contributed by atoms with Crippen molar-refractivity contribution >= 4 is 40.3 Å². The van der Waals surface area contributed by atoms with Crippen molar-refractivity contribution in [3.63, 3.8) is 0 Å². The maximum atomic E-state index is 12.9. The fraction of sp³-hybridized carbons (Fsp3) is 0.333. The number of halogens is 2. The van der Waals surface area contributed by atoms with Gasteiger partial charge in [-0.15, -0.1) is 0 Å². The van der Waals surface area contributed by atoms with Crippen LogP contribution in [-0.4, -0.2) is 34.6 Å². The molecule has 2 N–H and O–H groups in total. The molecule has 1 atom stereocenters. The highest BCUT2D eigenvalue weighted by molar-refractivity contribution is 14.1. The molecule has 102 valence electrons. The summed E-state index contributed by atoms with van der Waals surface area (Å²) in [4.78, 5) is 24.3. The number of carboxylic acids is 1. The van der Waals surface area contributed by atoms with Gasteiger partial charge in [0.2, 0.25) is 0 Å². The molecule has 0 unspecified atom stereocenters. The second kappa shape index (κ2) is 5.72. The fourth-order valence-electron chi connectivity index (χ4n) is 2.04. The quantitative estimate of drug-likeness (QED) is 0.778. The molecule has 1 aliphatic heterocycles. The average molecular weight is 378 g/mol. The highest BCUT2D eigenvalue weighted by atomic mass is 127. The van der Waals surface area contributed by atoms with Gasteiger partial charge < -0.3 is 15.3 Å². The first-order valence-corrected chi connectivity index (χ1v) is 6.82. The summed E-state index contributed by atoms with van der Waals surface area (Å²) in [6.07, 6.45) is 1.13. The highest BCUT2D eigenvalue weighted by Crippen LogP contribution is 2.22. The largest absolute Gasteiger partial charge is 0.480 e. The number of amides is 2. The lowest BCUT2D eigenvalue weighted by molar-refractivity contribution is -0.141. The molecule has 1 fully saturated rings. The first-order valence-electron chi connectivity index (χ1n) is 5.74. The minimum atomic E-state index is -0.999. The maximum Gasteiger partial charge on any atom is 0.326 e. The molecule has 0 saturated carbocycles. The van der Waals surface area contributed by atoms with Crippen LogP contribution >= 0.6 is 22.6 Å². The summed E-state index contributed by atoms with van der Waals surface area (Å²) in [6.45, 7) is 0.417. The monoisotopic (exact) mass is 378 g/mol. The van der Waals surface area contributed by atoms with E-state index in [0.717, 1.165) is 0 Å². The fourth-order valence-corrected chi connectivity index (χ4v) is 2.66. The summed E-state index contributed by atoms with van der Waals surface area (Å²) in [6, 6.07) is 2.76. The number of carboxylic acid groups (broad SMARTS) is 1. The number of nitrogens with one attached hydrogen (secondary N) is 1.